The van der Waals surface area contributed by atoms with E-state index >= 15 is 0 Å². The molecule has 1 aromatic carbocycles. The van der Waals surface area contributed by atoms with E-state index in [0.29, 0.717) is 12.1 Å². The Morgan fingerprint density at radius 1 is 1.43 bits per heavy atom. The molecule has 0 radical (unpaired) electrons. The number of hydrogen-bond acceptors (Lipinski definition) is 2. The van der Waals surface area contributed by atoms with Gasteiger partial charge in [0.2, 0.25) is 0 Å². The maximum absolute atomic E-state index is 6.11. The van der Waals surface area contributed by atoms with Gasteiger partial charge in [-0.2, -0.15) is 0 Å². The Labute approximate surface area is 84.7 Å². The van der Waals surface area contributed by atoms with Crippen LogP contribution >= 0.6 is 0 Å². The average Bonchev–Trinajstić information content (AvgIpc) is 2.69. The quantitative estimate of drug-likeness (QED) is 0.668. The Balaban J connectivity index is 2.08. The summed E-state index contributed by atoms with van der Waals surface area (Å²) in [5.41, 5.74) is 10.5. The Kier molecular flexibility index (Phi) is 1.62. The summed E-state index contributed by atoms with van der Waals surface area (Å²) in [6, 6.07) is 7.54. The summed E-state index contributed by atoms with van der Waals surface area (Å²) >= 11 is 0. The monoisotopic (exact) mass is 188 g/mol. The minimum Gasteiger partial charge on any atom is -0.366 e. The fourth-order valence-electron chi connectivity index (χ4n) is 2.87. The van der Waals surface area contributed by atoms with Crippen molar-refractivity contribution in [1.29, 1.82) is 0 Å². The van der Waals surface area contributed by atoms with Crippen molar-refractivity contribution in [2.24, 2.45) is 5.73 Å². The molecule has 2 aliphatic rings. The number of benzene rings is 1. The predicted molar refractivity (Wildman–Crippen MR) is 58.6 cm³/mol. The molecule has 0 aliphatic carbocycles. The highest BCUT2D eigenvalue weighted by molar-refractivity contribution is 5.63. The van der Waals surface area contributed by atoms with E-state index in [4.69, 9.17) is 5.73 Å². The van der Waals surface area contributed by atoms with Gasteiger partial charge in [0.05, 0.1) is 0 Å². The molecule has 2 atom stereocenters. The highest BCUT2D eigenvalue weighted by Crippen LogP contribution is 2.38. The number of nitrogens with two attached hydrogens (primary N) is 1. The fraction of sp³-hybridized carbons (Fsp3) is 0.500. The zero-order chi connectivity index (χ0) is 9.71. The largest absolute Gasteiger partial charge is 0.366 e. The lowest BCUT2D eigenvalue weighted by molar-refractivity contribution is 0.599. The van der Waals surface area contributed by atoms with Crippen molar-refractivity contribution in [3.63, 3.8) is 0 Å². The molecule has 2 nitrogen and oxygen atoms in total. The van der Waals surface area contributed by atoms with Gasteiger partial charge in [0.1, 0.15) is 0 Å². The first-order valence-corrected chi connectivity index (χ1v) is 5.38. The molecular formula is C12H16N2. The summed E-state index contributed by atoms with van der Waals surface area (Å²) < 4.78 is 0. The lowest BCUT2D eigenvalue weighted by atomic mass is 10.0. The number of anilines is 1. The minimum absolute atomic E-state index is 0.377. The summed E-state index contributed by atoms with van der Waals surface area (Å²) in [6.07, 6.45) is 2.31. The molecule has 2 aliphatic heterocycles. The van der Waals surface area contributed by atoms with E-state index in [2.05, 4.69) is 30.0 Å². The van der Waals surface area contributed by atoms with Crippen molar-refractivity contribution in [1.82, 2.24) is 0 Å². The Morgan fingerprint density at radius 3 is 3.14 bits per heavy atom. The first kappa shape index (κ1) is 8.30. The molecule has 0 bridgehead atoms. The molecule has 3 rings (SSSR count). The molecule has 2 unspecified atom stereocenters. The average molecular weight is 188 g/mol. The second-order valence-electron chi connectivity index (χ2n) is 4.49. The van der Waals surface area contributed by atoms with Gasteiger partial charge in [-0.05, 0) is 37.0 Å². The van der Waals surface area contributed by atoms with Crippen molar-refractivity contribution < 1.29 is 0 Å². The van der Waals surface area contributed by atoms with Gasteiger partial charge in [0.25, 0.3) is 0 Å². The Hall–Kier alpha value is -1.02. The van der Waals surface area contributed by atoms with Crippen molar-refractivity contribution in [3.8, 4) is 0 Å². The van der Waals surface area contributed by atoms with Gasteiger partial charge in [-0.15, -0.1) is 0 Å². The molecule has 2 heterocycles. The number of rotatable bonds is 0. The van der Waals surface area contributed by atoms with Gasteiger partial charge in [-0.1, -0.05) is 12.1 Å². The second-order valence-corrected chi connectivity index (χ2v) is 4.49. The molecule has 14 heavy (non-hydrogen) atoms. The van der Waals surface area contributed by atoms with E-state index in [9.17, 15) is 0 Å². The summed E-state index contributed by atoms with van der Waals surface area (Å²) in [4.78, 5) is 2.49. The van der Waals surface area contributed by atoms with E-state index < -0.39 is 0 Å². The van der Waals surface area contributed by atoms with E-state index in [0.717, 1.165) is 19.4 Å². The molecule has 0 spiro atoms. The first-order valence-electron chi connectivity index (χ1n) is 5.38. The lowest BCUT2D eigenvalue weighted by Gasteiger charge is -2.20. The first-order chi connectivity index (χ1) is 6.77. The zero-order valence-corrected chi connectivity index (χ0v) is 8.53. The third-order valence-corrected chi connectivity index (χ3v) is 3.71. The molecule has 2 heteroatoms. The fourth-order valence-corrected chi connectivity index (χ4v) is 2.87. The van der Waals surface area contributed by atoms with Gasteiger partial charge in [-0.3, -0.25) is 0 Å². The van der Waals surface area contributed by atoms with Gasteiger partial charge in [0, 0.05) is 24.3 Å². The summed E-state index contributed by atoms with van der Waals surface area (Å²) in [6.45, 7) is 3.34. The summed E-state index contributed by atoms with van der Waals surface area (Å²) in [5, 5.41) is 0. The topological polar surface area (TPSA) is 29.3 Å². The van der Waals surface area contributed by atoms with Crippen LogP contribution in [0.1, 0.15) is 17.5 Å². The second kappa shape index (κ2) is 2.74. The molecular weight excluding hydrogens is 172 g/mol. The lowest BCUT2D eigenvalue weighted by Crippen LogP contribution is -2.36. The number of aryl methyl sites for hydroxylation is 1. The van der Waals surface area contributed by atoms with Crippen LogP contribution in [0.2, 0.25) is 0 Å². The number of nitrogens with zero attached hydrogens (tertiary/aromatic N) is 1. The maximum Gasteiger partial charge on any atom is 0.0482 e. The molecule has 0 aromatic heterocycles. The van der Waals surface area contributed by atoms with Crippen LogP contribution in [0.4, 0.5) is 5.69 Å². The predicted octanol–water partition coefficient (Wildman–Crippen LogP) is 1.46. The summed E-state index contributed by atoms with van der Waals surface area (Å²) in [7, 11) is 0. The summed E-state index contributed by atoms with van der Waals surface area (Å²) in [5.74, 6) is 0. The highest BCUT2D eigenvalue weighted by Gasteiger charge is 2.38. The molecule has 2 N–H and O–H groups in total. The van der Waals surface area contributed by atoms with Crippen LogP contribution in [-0.2, 0) is 6.42 Å². The molecule has 0 amide bonds. The van der Waals surface area contributed by atoms with Gasteiger partial charge in [0.15, 0.2) is 0 Å². The third kappa shape index (κ3) is 0.947. The highest BCUT2D eigenvalue weighted by atomic mass is 15.2. The van der Waals surface area contributed by atoms with Crippen molar-refractivity contribution in [3.05, 3.63) is 29.3 Å². The van der Waals surface area contributed by atoms with Gasteiger partial charge in [-0.25, -0.2) is 0 Å². The molecule has 1 fully saturated rings. The maximum atomic E-state index is 6.11. The Morgan fingerprint density at radius 2 is 2.29 bits per heavy atom. The molecule has 1 saturated heterocycles. The minimum atomic E-state index is 0.377. The van der Waals surface area contributed by atoms with Crippen molar-refractivity contribution in [2.45, 2.75) is 31.8 Å². The van der Waals surface area contributed by atoms with Gasteiger partial charge >= 0.3 is 0 Å². The van der Waals surface area contributed by atoms with Crippen molar-refractivity contribution in [2.75, 3.05) is 11.4 Å². The zero-order valence-electron chi connectivity index (χ0n) is 8.53. The van der Waals surface area contributed by atoms with Crippen LogP contribution in [0.5, 0.6) is 0 Å². The Bertz CT molecular complexity index is 373. The molecule has 0 saturated carbocycles. The van der Waals surface area contributed by atoms with Crippen LogP contribution in [0, 0.1) is 6.92 Å². The van der Waals surface area contributed by atoms with E-state index in [1.54, 1.807) is 0 Å². The number of hydrogen-bond donors (Lipinski definition) is 1. The normalized spacial score (nSPS) is 29.1. The van der Waals surface area contributed by atoms with Crippen LogP contribution < -0.4 is 10.6 Å². The van der Waals surface area contributed by atoms with Crippen molar-refractivity contribution >= 4 is 5.69 Å². The van der Waals surface area contributed by atoms with Crippen LogP contribution in [0.15, 0.2) is 18.2 Å². The van der Waals surface area contributed by atoms with Crippen LogP contribution in [-0.4, -0.2) is 18.6 Å². The van der Waals surface area contributed by atoms with E-state index in [-0.39, 0.29) is 0 Å². The van der Waals surface area contributed by atoms with E-state index in [1.165, 1.54) is 16.8 Å². The molecule has 74 valence electrons. The van der Waals surface area contributed by atoms with Crippen LogP contribution in [0.25, 0.3) is 0 Å². The number of fused-ring (bicyclic) bond motifs is 3. The van der Waals surface area contributed by atoms with Crippen LogP contribution in [0.3, 0.4) is 0 Å². The third-order valence-electron chi connectivity index (χ3n) is 3.71. The SMILES string of the molecule is Cc1cccc2c1CC1C(N)CCN21. The van der Waals surface area contributed by atoms with E-state index in [1.807, 2.05) is 0 Å². The standard InChI is InChI=1S/C12H16N2/c1-8-3-2-4-11-9(8)7-12-10(13)5-6-14(11)12/h2-4,10,12H,5-7,13H2,1H3. The van der Waals surface area contributed by atoms with Gasteiger partial charge < -0.3 is 10.6 Å². The smallest absolute Gasteiger partial charge is 0.0482 e. The molecule has 1 aromatic rings.